The maximum Gasteiger partial charge on any atom is 0.289 e. The monoisotopic (exact) mass is 544 g/mol. The van der Waals surface area contributed by atoms with Gasteiger partial charge in [-0.05, 0) is 60.5 Å². The number of hydrogen-bond donors (Lipinski definition) is 2. The Bertz CT molecular complexity index is 1670. The molecule has 0 fully saturated rings. The summed E-state index contributed by atoms with van der Waals surface area (Å²) in [4.78, 5) is 29.6. The number of nitro benzene ring substituents is 1. The minimum absolute atomic E-state index is 0.0205. The molecule has 0 aliphatic carbocycles. The summed E-state index contributed by atoms with van der Waals surface area (Å²) in [6, 6.07) is 23.4. The average molecular weight is 545 g/mol. The lowest BCUT2D eigenvalue weighted by Gasteiger charge is -2.10. The Kier molecular flexibility index (Phi) is 6.95. The molecular formula is C28H21ClN4O4S. The molecule has 190 valence electrons. The Morgan fingerprint density at radius 2 is 1.82 bits per heavy atom. The number of carbonyl (C=O) groups is 1. The Hall–Kier alpha value is -4.47. The number of anilines is 2. The molecule has 5 rings (SSSR count). The molecule has 10 heteroatoms. The molecule has 0 aliphatic rings. The van der Waals surface area contributed by atoms with Crippen molar-refractivity contribution >= 4 is 56.1 Å². The van der Waals surface area contributed by atoms with Crippen molar-refractivity contribution in [2.75, 3.05) is 17.7 Å². The number of fused-ring (bicyclic) bond motifs is 1. The molecule has 0 saturated carbocycles. The summed E-state index contributed by atoms with van der Waals surface area (Å²) in [7, 11) is 0. The third kappa shape index (κ3) is 4.89. The molecule has 0 spiro atoms. The van der Waals surface area contributed by atoms with Crippen molar-refractivity contribution in [1.29, 1.82) is 0 Å². The van der Waals surface area contributed by atoms with Gasteiger partial charge in [0.15, 0.2) is 0 Å². The van der Waals surface area contributed by atoms with Crippen LogP contribution >= 0.6 is 22.9 Å². The van der Waals surface area contributed by atoms with Crippen LogP contribution < -0.4 is 15.8 Å². The van der Waals surface area contributed by atoms with Gasteiger partial charge in [-0.2, -0.15) is 0 Å². The Morgan fingerprint density at radius 3 is 2.50 bits per heavy atom. The second-order valence-corrected chi connectivity index (χ2v) is 9.69. The van der Waals surface area contributed by atoms with Crippen LogP contribution in [0.3, 0.4) is 0 Å². The number of nitrogen functional groups attached to an aromatic ring is 1. The van der Waals surface area contributed by atoms with Crippen LogP contribution in [0.5, 0.6) is 5.75 Å². The van der Waals surface area contributed by atoms with Gasteiger partial charge in [0.05, 0.1) is 22.9 Å². The number of nitrogens with zero attached hydrogens (tertiary/aromatic N) is 2. The normalized spacial score (nSPS) is 10.9. The van der Waals surface area contributed by atoms with Gasteiger partial charge in [0.1, 0.15) is 20.5 Å². The first-order chi connectivity index (χ1) is 18.4. The van der Waals surface area contributed by atoms with E-state index >= 15 is 0 Å². The first-order valence-corrected chi connectivity index (χ1v) is 12.8. The highest BCUT2D eigenvalue weighted by Crippen LogP contribution is 2.42. The number of amides is 1. The number of nitrogens with two attached hydrogens (primary N) is 1. The molecule has 0 unspecified atom stereocenters. The minimum Gasteiger partial charge on any atom is -0.494 e. The molecule has 0 aliphatic heterocycles. The number of rotatable bonds is 7. The molecule has 3 N–H and O–H groups in total. The summed E-state index contributed by atoms with van der Waals surface area (Å²) in [6.07, 6.45) is 0. The second kappa shape index (κ2) is 10.5. The molecule has 0 atom stereocenters. The number of nitrogens with one attached hydrogen (secondary N) is 1. The largest absolute Gasteiger partial charge is 0.494 e. The van der Waals surface area contributed by atoms with Gasteiger partial charge in [-0.25, -0.2) is 4.98 Å². The van der Waals surface area contributed by atoms with Crippen LogP contribution in [-0.2, 0) is 0 Å². The van der Waals surface area contributed by atoms with Gasteiger partial charge < -0.3 is 15.8 Å². The summed E-state index contributed by atoms with van der Waals surface area (Å²) in [5.41, 5.74) is 10.1. The molecule has 0 saturated heterocycles. The van der Waals surface area contributed by atoms with Crippen LogP contribution in [0.4, 0.5) is 17.1 Å². The smallest absolute Gasteiger partial charge is 0.289 e. The highest BCUT2D eigenvalue weighted by Gasteiger charge is 2.23. The summed E-state index contributed by atoms with van der Waals surface area (Å²) in [6.45, 7) is 2.50. The maximum atomic E-state index is 13.2. The summed E-state index contributed by atoms with van der Waals surface area (Å²) >= 11 is 7.06. The predicted molar refractivity (Wildman–Crippen MR) is 152 cm³/mol. The number of carbonyl (C=O) groups excluding carboxylic acids is 1. The Labute approximate surface area is 226 Å². The van der Waals surface area contributed by atoms with Gasteiger partial charge >= 0.3 is 0 Å². The highest BCUT2D eigenvalue weighted by atomic mass is 35.5. The number of aromatic nitrogens is 1. The quantitative estimate of drug-likeness (QED) is 0.162. The zero-order chi connectivity index (χ0) is 26.8. The summed E-state index contributed by atoms with van der Waals surface area (Å²) in [5, 5.41) is 14.6. The maximum absolute atomic E-state index is 13.2. The number of pyridine rings is 1. The van der Waals surface area contributed by atoms with E-state index in [4.69, 9.17) is 27.1 Å². The SMILES string of the molecule is CCOc1ccc(-c2cc(-c3ccccc3)c3c(N)c(C(=O)Nc4ccc(Cl)c([N+](=O)[O-])c4)sc3n2)cc1. The van der Waals surface area contributed by atoms with E-state index in [1.807, 2.05) is 67.6 Å². The van der Waals surface area contributed by atoms with Crippen LogP contribution in [0.1, 0.15) is 16.6 Å². The van der Waals surface area contributed by atoms with E-state index in [2.05, 4.69) is 5.32 Å². The fourth-order valence-electron chi connectivity index (χ4n) is 4.09. The topological polar surface area (TPSA) is 120 Å². The molecule has 5 aromatic rings. The summed E-state index contributed by atoms with van der Waals surface area (Å²) < 4.78 is 5.56. The lowest BCUT2D eigenvalue weighted by molar-refractivity contribution is -0.384. The van der Waals surface area contributed by atoms with Gasteiger partial charge in [0.2, 0.25) is 0 Å². The fraction of sp³-hybridized carbons (Fsp3) is 0.0714. The van der Waals surface area contributed by atoms with Crippen molar-refractivity contribution in [2.45, 2.75) is 6.92 Å². The van der Waals surface area contributed by atoms with Gasteiger partial charge in [-0.15, -0.1) is 11.3 Å². The predicted octanol–water partition coefficient (Wildman–Crippen LogP) is 7.43. The molecule has 0 radical (unpaired) electrons. The number of thiophene rings is 1. The first-order valence-electron chi connectivity index (χ1n) is 11.6. The molecule has 0 bridgehead atoms. The Morgan fingerprint density at radius 1 is 1.08 bits per heavy atom. The van der Waals surface area contributed by atoms with Crippen LogP contribution in [-0.4, -0.2) is 22.4 Å². The lowest BCUT2D eigenvalue weighted by atomic mass is 9.99. The third-order valence-electron chi connectivity index (χ3n) is 5.85. The van der Waals surface area contributed by atoms with Crippen molar-refractivity contribution < 1.29 is 14.5 Å². The van der Waals surface area contributed by atoms with Gasteiger partial charge in [0, 0.05) is 22.7 Å². The van der Waals surface area contributed by atoms with Crippen LogP contribution in [0.2, 0.25) is 5.02 Å². The van der Waals surface area contributed by atoms with Gasteiger partial charge in [-0.3, -0.25) is 14.9 Å². The molecule has 2 heterocycles. The minimum atomic E-state index is -0.607. The second-order valence-electron chi connectivity index (χ2n) is 8.28. The zero-order valence-electron chi connectivity index (χ0n) is 20.1. The van der Waals surface area contributed by atoms with Crippen LogP contribution in [0, 0.1) is 10.1 Å². The Balaban J connectivity index is 1.60. The lowest BCUT2D eigenvalue weighted by Crippen LogP contribution is -2.12. The van der Waals surface area contributed by atoms with Crippen molar-refractivity contribution in [2.24, 2.45) is 0 Å². The number of hydrogen-bond acceptors (Lipinski definition) is 7. The molecular weight excluding hydrogens is 524 g/mol. The first kappa shape index (κ1) is 25.2. The number of benzene rings is 3. The van der Waals surface area contributed by atoms with Crippen molar-refractivity contribution in [3.8, 4) is 28.1 Å². The highest BCUT2D eigenvalue weighted by molar-refractivity contribution is 7.21. The van der Waals surface area contributed by atoms with E-state index in [0.717, 1.165) is 39.5 Å². The average Bonchev–Trinajstić information content (AvgIpc) is 3.26. The van der Waals surface area contributed by atoms with Crippen molar-refractivity contribution in [1.82, 2.24) is 4.98 Å². The van der Waals surface area contributed by atoms with E-state index in [0.29, 0.717) is 16.8 Å². The number of halogens is 1. The molecule has 8 nitrogen and oxygen atoms in total. The van der Waals surface area contributed by atoms with E-state index in [9.17, 15) is 14.9 Å². The standard InChI is InChI=1S/C28H21ClN4O4S/c1-2-37-19-11-8-17(9-12-19)22-15-20(16-6-4-3-5-7-16)24-25(30)26(38-28(24)32-22)27(34)31-18-10-13-21(29)23(14-18)33(35)36/h3-15H,2,30H2,1H3,(H,31,34). The van der Waals surface area contributed by atoms with Gasteiger partial charge in [0.25, 0.3) is 11.6 Å². The van der Waals surface area contributed by atoms with Gasteiger partial charge in [-0.1, -0.05) is 41.9 Å². The van der Waals surface area contributed by atoms with Crippen molar-refractivity contribution in [3.63, 3.8) is 0 Å². The van der Waals surface area contributed by atoms with E-state index in [1.54, 1.807) is 0 Å². The van der Waals surface area contributed by atoms with Crippen LogP contribution in [0.15, 0.2) is 78.9 Å². The number of ether oxygens (including phenoxy) is 1. The van der Waals surface area contributed by atoms with E-state index in [-0.39, 0.29) is 27.0 Å². The molecule has 38 heavy (non-hydrogen) atoms. The molecule has 2 aromatic heterocycles. The molecule has 3 aromatic carbocycles. The zero-order valence-corrected chi connectivity index (χ0v) is 21.7. The fourth-order valence-corrected chi connectivity index (χ4v) is 5.29. The van der Waals surface area contributed by atoms with Crippen molar-refractivity contribution in [3.05, 3.63) is 98.9 Å². The summed E-state index contributed by atoms with van der Waals surface area (Å²) in [5.74, 6) is 0.270. The van der Waals surface area contributed by atoms with Crippen LogP contribution in [0.25, 0.3) is 32.6 Å². The number of nitro groups is 1. The molecule has 1 amide bonds. The van der Waals surface area contributed by atoms with E-state index < -0.39 is 10.8 Å². The van der Waals surface area contributed by atoms with E-state index in [1.165, 1.54) is 18.2 Å². The third-order valence-corrected chi connectivity index (χ3v) is 7.27.